The van der Waals surface area contributed by atoms with Crippen LogP contribution in [0.5, 0.6) is 0 Å². The SMILES string of the molecule is C[C@@H](NC(=O)c1cc(-c2ccc(F)cc2)no1)c1ccc(N2CCOCC2)cc1. The molecule has 29 heavy (non-hydrogen) atoms. The zero-order valence-corrected chi connectivity index (χ0v) is 16.1. The third kappa shape index (κ3) is 4.46. The first-order valence-electron chi connectivity index (χ1n) is 9.56. The van der Waals surface area contributed by atoms with Crippen molar-refractivity contribution in [1.82, 2.24) is 10.5 Å². The molecule has 1 saturated heterocycles. The second-order valence-corrected chi connectivity index (χ2v) is 6.97. The van der Waals surface area contributed by atoms with Crippen LogP contribution in [0.3, 0.4) is 0 Å². The standard InChI is InChI=1S/C22H22FN3O3/c1-15(16-4-8-19(9-5-16)26-10-12-28-13-11-26)24-22(27)21-14-20(25-29-21)17-2-6-18(23)7-3-17/h2-9,14-15H,10-13H2,1H3,(H,24,27)/t15-/m1/s1. The van der Waals surface area contributed by atoms with Gasteiger partial charge in [-0.25, -0.2) is 4.39 Å². The second kappa shape index (κ2) is 8.45. The predicted octanol–water partition coefficient (Wildman–Crippen LogP) is 3.81. The topological polar surface area (TPSA) is 67.6 Å². The van der Waals surface area contributed by atoms with Gasteiger partial charge in [-0.15, -0.1) is 0 Å². The quantitative estimate of drug-likeness (QED) is 0.712. The number of halogens is 1. The fourth-order valence-corrected chi connectivity index (χ4v) is 3.29. The van der Waals surface area contributed by atoms with Gasteiger partial charge in [0.05, 0.1) is 19.3 Å². The van der Waals surface area contributed by atoms with Crippen molar-refractivity contribution >= 4 is 11.6 Å². The van der Waals surface area contributed by atoms with E-state index in [9.17, 15) is 9.18 Å². The first-order valence-corrected chi connectivity index (χ1v) is 9.56. The number of amides is 1. The van der Waals surface area contributed by atoms with Crippen LogP contribution in [-0.2, 0) is 4.74 Å². The lowest BCUT2D eigenvalue weighted by molar-refractivity contribution is 0.0902. The van der Waals surface area contributed by atoms with Gasteiger partial charge in [0, 0.05) is 30.4 Å². The zero-order valence-electron chi connectivity index (χ0n) is 16.1. The molecule has 3 aromatic rings. The van der Waals surface area contributed by atoms with E-state index in [1.807, 2.05) is 19.1 Å². The predicted molar refractivity (Wildman–Crippen MR) is 107 cm³/mol. The molecule has 0 unspecified atom stereocenters. The lowest BCUT2D eigenvalue weighted by Gasteiger charge is -2.29. The first-order chi connectivity index (χ1) is 14.1. The van der Waals surface area contributed by atoms with E-state index < -0.39 is 0 Å². The molecule has 0 aliphatic carbocycles. The number of ether oxygens (including phenoxy) is 1. The van der Waals surface area contributed by atoms with Gasteiger partial charge < -0.3 is 19.5 Å². The summed E-state index contributed by atoms with van der Waals surface area (Å²) in [7, 11) is 0. The van der Waals surface area contributed by atoms with E-state index in [0.29, 0.717) is 11.3 Å². The van der Waals surface area contributed by atoms with E-state index in [1.165, 1.54) is 12.1 Å². The van der Waals surface area contributed by atoms with Gasteiger partial charge >= 0.3 is 0 Å². The van der Waals surface area contributed by atoms with Gasteiger partial charge in [-0.2, -0.15) is 0 Å². The summed E-state index contributed by atoms with van der Waals surface area (Å²) in [5, 5.41) is 6.83. The van der Waals surface area contributed by atoms with Crippen LogP contribution in [0.4, 0.5) is 10.1 Å². The molecule has 1 fully saturated rings. The van der Waals surface area contributed by atoms with Crippen LogP contribution in [0.25, 0.3) is 11.3 Å². The number of nitrogens with one attached hydrogen (secondary N) is 1. The summed E-state index contributed by atoms with van der Waals surface area (Å²) >= 11 is 0. The normalized spacial score (nSPS) is 15.2. The molecule has 2 heterocycles. The van der Waals surface area contributed by atoms with Crippen molar-refractivity contribution in [3.8, 4) is 11.3 Å². The summed E-state index contributed by atoms with van der Waals surface area (Å²) in [6, 6.07) is 15.4. The number of hydrogen-bond acceptors (Lipinski definition) is 5. The molecule has 0 bridgehead atoms. The van der Waals surface area contributed by atoms with Crippen LogP contribution in [0, 0.1) is 5.82 Å². The van der Waals surface area contributed by atoms with E-state index >= 15 is 0 Å². The number of nitrogens with zero attached hydrogens (tertiary/aromatic N) is 2. The molecule has 2 aromatic carbocycles. The molecule has 7 heteroatoms. The fourth-order valence-electron chi connectivity index (χ4n) is 3.29. The highest BCUT2D eigenvalue weighted by Gasteiger charge is 2.18. The second-order valence-electron chi connectivity index (χ2n) is 6.97. The Labute approximate surface area is 168 Å². The Balaban J connectivity index is 1.39. The van der Waals surface area contributed by atoms with Gasteiger partial charge in [-0.1, -0.05) is 17.3 Å². The van der Waals surface area contributed by atoms with Crippen LogP contribution in [0.15, 0.2) is 59.1 Å². The van der Waals surface area contributed by atoms with E-state index in [1.54, 1.807) is 18.2 Å². The fraction of sp³-hybridized carbons (Fsp3) is 0.273. The van der Waals surface area contributed by atoms with Gasteiger partial charge in [0.2, 0.25) is 5.76 Å². The Morgan fingerprint density at radius 3 is 2.48 bits per heavy atom. The van der Waals surface area contributed by atoms with Crippen LogP contribution in [0.1, 0.15) is 29.1 Å². The van der Waals surface area contributed by atoms with Crippen molar-refractivity contribution in [2.24, 2.45) is 0 Å². The molecule has 4 rings (SSSR count). The molecule has 1 amide bonds. The average molecular weight is 395 g/mol. The Morgan fingerprint density at radius 2 is 1.79 bits per heavy atom. The van der Waals surface area contributed by atoms with E-state index in [2.05, 4.69) is 27.5 Å². The number of morpholine rings is 1. The minimum Gasteiger partial charge on any atom is -0.378 e. The summed E-state index contributed by atoms with van der Waals surface area (Å²) in [4.78, 5) is 14.8. The number of carbonyl (C=O) groups is 1. The number of anilines is 1. The number of benzene rings is 2. The van der Waals surface area contributed by atoms with Crippen molar-refractivity contribution < 1.29 is 18.4 Å². The van der Waals surface area contributed by atoms with Gasteiger partial charge in [0.1, 0.15) is 11.5 Å². The first kappa shape index (κ1) is 19.1. The van der Waals surface area contributed by atoms with Crippen LogP contribution < -0.4 is 10.2 Å². The van der Waals surface area contributed by atoms with Crippen LogP contribution in [0.2, 0.25) is 0 Å². The Hall–Kier alpha value is -3.19. The summed E-state index contributed by atoms with van der Waals surface area (Å²) in [5.41, 5.74) is 3.31. The molecule has 1 atom stereocenters. The monoisotopic (exact) mass is 395 g/mol. The van der Waals surface area contributed by atoms with Crippen molar-refractivity contribution in [1.29, 1.82) is 0 Å². The van der Waals surface area contributed by atoms with E-state index in [0.717, 1.165) is 37.6 Å². The minimum absolute atomic E-state index is 0.112. The zero-order chi connectivity index (χ0) is 20.2. The highest BCUT2D eigenvalue weighted by atomic mass is 19.1. The Kier molecular flexibility index (Phi) is 5.57. The molecule has 6 nitrogen and oxygen atoms in total. The minimum atomic E-state index is -0.351. The number of hydrogen-bond donors (Lipinski definition) is 1. The van der Waals surface area contributed by atoms with Gasteiger partial charge in [-0.3, -0.25) is 4.79 Å². The number of aromatic nitrogens is 1. The van der Waals surface area contributed by atoms with Gasteiger partial charge in [0.25, 0.3) is 5.91 Å². The number of rotatable bonds is 5. The molecule has 1 aliphatic heterocycles. The molecular weight excluding hydrogens is 373 g/mol. The van der Waals surface area contributed by atoms with Crippen LogP contribution >= 0.6 is 0 Å². The summed E-state index contributed by atoms with van der Waals surface area (Å²) in [5.74, 6) is -0.569. The van der Waals surface area contributed by atoms with Crippen molar-refractivity contribution in [3.05, 3.63) is 71.7 Å². The maximum Gasteiger partial charge on any atom is 0.290 e. The van der Waals surface area contributed by atoms with Crippen molar-refractivity contribution in [2.45, 2.75) is 13.0 Å². The molecule has 0 saturated carbocycles. The lowest BCUT2D eigenvalue weighted by Crippen LogP contribution is -2.36. The molecule has 0 radical (unpaired) electrons. The largest absolute Gasteiger partial charge is 0.378 e. The molecule has 0 spiro atoms. The maximum absolute atomic E-state index is 13.1. The molecular formula is C22H22FN3O3. The highest BCUT2D eigenvalue weighted by molar-refractivity contribution is 5.92. The van der Waals surface area contributed by atoms with Crippen molar-refractivity contribution in [2.75, 3.05) is 31.2 Å². The van der Waals surface area contributed by atoms with Gasteiger partial charge in [0.15, 0.2) is 0 Å². The van der Waals surface area contributed by atoms with E-state index in [-0.39, 0.29) is 23.5 Å². The van der Waals surface area contributed by atoms with Crippen LogP contribution in [-0.4, -0.2) is 37.4 Å². The Bertz CT molecular complexity index is 964. The molecule has 1 N–H and O–H groups in total. The number of carbonyl (C=O) groups excluding carboxylic acids is 1. The third-order valence-electron chi connectivity index (χ3n) is 4.99. The lowest BCUT2D eigenvalue weighted by atomic mass is 10.1. The average Bonchev–Trinajstić information content (AvgIpc) is 3.25. The van der Waals surface area contributed by atoms with Crippen molar-refractivity contribution in [3.63, 3.8) is 0 Å². The maximum atomic E-state index is 13.1. The molecule has 150 valence electrons. The van der Waals surface area contributed by atoms with Gasteiger partial charge in [-0.05, 0) is 48.9 Å². The summed E-state index contributed by atoms with van der Waals surface area (Å²) in [6.07, 6.45) is 0. The molecule has 1 aliphatic rings. The summed E-state index contributed by atoms with van der Waals surface area (Å²) in [6.45, 7) is 5.16. The third-order valence-corrected chi connectivity index (χ3v) is 4.99. The molecule has 1 aromatic heterocycles. The smallest absolute Gasteiger partial charge is 0.290 e. The van der Waals surface area contributed by atoms with E-state index in [4.69, 9.17) is 9.26 Å². The highest BCUT2D eigenvalue weighted by Crippen LogP contribution is 2.22. The Morgan fingerprint density at radius 1 is 1.10 bits per heavy atom. The summed E-state index contributed by atoms with van der Waals surface area (Å²) < 4.78 is 23.6.